The number of hydrogen-bond donors (Lipinski definition) is 1. The number of aliphatic imine (C=N–C) groups is 1. The summed E-state index contributed by atoms with van der Waals surface area (Å²) in [6, 6.07) is 12.3. The van der Waals surface area contributed by atoms with E-state index >= 15 is 0 Å². The van der Waals surface area contributed by atoms with E-state index in [2.05, 4.69) is 59.1 Å². The Morgan fingerprint density at radius 3 is 2.87 bits per heavy atom. The molecule has 3 rings (SSSR count). The number of guanidine groups is 1. The van der Waals surface area contributed by atoms with Crippen LogP contribution < -0.4 is 15.0 Å². The third-order valence-electron chi connectivity index (χ3n) is 5.20. The zero-order valence-electron chi connectivity index (χ0n) is 19.2. The third kappa shape index (κ3) is 7.14. The van der Waals surface area contributed by atoms with E-state index in [0.29, 0.717) is 13.2 Å². The number of benzene rings is 1. The van der Waals surface area contributed by atoms with Gasteiger partial charge in [0.05, 0.1) is 25.8 Å². The van der Waals surface area contributed by atoms with Crippen LogP contribution in [0, 0.1) is 6.92 Å². The molecule has 7 heteroatoms. The summed E-state index contributed by atoms with van der Waals surface area (Å²) in [4.78, 5) is 13.8. The molecule has 31 heavy (non-hydrogen) atoms. The number of nitrogens with one attached hydrogen (secondary N) is 1. The molecule has 0 amide bonds. The number of aromatic nitrogens is 1. The van der Waals surface area contributed by atoms with Gasteiger partial charge in [0.25, 0.3) is 0 Å². The second-order valence-electron chi connectivity index (χ2n) is 7.90. The zero-order chi connectivity index (χ0) is 22.1. The summed E-state index contributed by atoms with van der Waals surface area (Å²) < 4.78 is 11.5. The van der Waals surface area contributed by atoms with Gasteiger partial charge in [-0.05, 0) is 50.6 Å². The van der Waals surface area contributed by atoms with Crippen molar-refractivity contribution in [2.75, 3.05) is 51.3 Å². The van der Waals surface area contributed by atoms with Crippen LogP contribution in [0.3, 0.4) is 0 Å². The molecule has 1 N–H and O–H groups in total. The molecule has 1 aliphatic heterocycles. The molecule has 1 aliphatic rings. The first kappa shape index (κ1) is 22.9. The van der Waals surface area contributed by atoms with Crippen molar-refractivity contribution in [2.24, 2.45) is 4.99 Å². The van der Waals surface area contributed by atoms with Crippen LogP contribution >= 0.6 is 0 Å². The SMILES string of the molecule is CCNC(=NCc1ccnc(N2CCOC(C)C2)c1)N(C)CCOc1ccc(C)cc1. The average molecular weight is 426 g/mol. The van der Waals surface area contributed by atoms with Crippen LogP contribution in [0.4, 0.5) is 5.82 Å². The number of hydrogen-bond acceptors (Lipinski definition) is 5. The van der Waals surface area contributed by atoms with Crippen LogP contribution in [0.5, 0.6) is 5.75 Å². The quantitative estimate of drug-likeness (QED) is 0.518. The molecule has 1 aromatic carbocycles. The number of nitrogens with zero attached hydrogens (tertiary/aromatic N) is 4. The molecule has 0 saturated carbocycles. The summed E-state index contributed by atoms with van der Waals surface area (Å²) in [6.07, 6.45) is 2.10. The van der Waals surface area contributed by atoms with Crippen molar-refractivity contribution in [1.82, 2.24) is 15.2 Å². The Morgan fingerprint density at radius 1 is 1.32 bits per heavy atom. The lowest BCUT2D eigenvalue weighted by atomic mass is 10.2. The summed E-state index contributed by atoms with van der Waals surface area (Å²) in [5, 5.41) is 3.37. The Kier molecular flexibility index (Phi) is 8.53. The fourth-order valence-corrected chi connectivity index (χ4v) is 3.44. The molecule has 0 aliphatic carbocycles. The lowest BCUT2D eigenvalue weighted by Crippen LogP contribution is -2.41. The first-order valence-corrected chi connectivity index (χ1v) is 11.1. The van der Waals surface area contributed by atoms with E-state index in [1.54, 1.807) is 0 Å². The molecule has 0 spiro atoms. The molecule has 0 radical (unpaired) electrons. The maximum atomic E-state index is 5.87. The molecule has 168 valence electrons. The van der Waals surface area contributed by atoms with Gasteiger partial charge in [0.1, 0.15) is 18.2 Å². The minimum Gasteiger partial charge on any atom is -0.492 e. The number of morpholine rings is 1. The van der Waals surface area contributed by atoms with Crippen molar-refractivity contribution in [2.45, 2.75) is 33.4 Å². The molecule has 0 bridgehead atoms. The van der Waals surface area contributed by atoms with Crippen LogP contribution in [0.25, 0.3) is 0 Å². The van der Waals surface area contributed by atoms with Gasteiger partial charge in [-0.25, -0.2) is 9.98 Å². The number of anilines is 1. The lowest BCUT2D eigenvalue weighted by molar-refractivity contribution is 0.0529. The lowest BCUT2D eigenvalue weighted by Gasteiger charge is -2.32. The normalized spacial score (nSPS) is 16.8. The smallest absolute Gasteiger partial charge is 0.194 e. The fraction of sp³-hybridized carbons (Fsp3) is 0.500. The van der Waals surface area contributed by atoms with Gasteiger partial charge in [-0.1, -0.05) is 17.7 Å². The number of likely N-dealkylation sites (N-methyl/N-ethyl adjacent to an activating group) is 1. The summed E-state index contributed by atoms with van der Waals surface area (Å²) >= 11 is 0. The van der Waals surface area contributed by atoms with Crippen LogP contribution in [0.2, 0.25) is 0 Å². The molecular formula is C24H35N5O2. The van der Waals surface area contributed by atoms with Gasteiger partial charge in [0.15, 0.2) is 5.96 Å². The minimum atomic E-state index is 0.230. The molecule has 2 heterocycles. The molecule has 2 aromatic rings. The molecular weight excluding hydrogens is 390 g/mol. The van der Waals surface area contributed by atoms with Crippen molar-refractivity contribution in [3.63, 3.8) is 0 Å². The summed E-state index contributed by atoms with van der Waals surface area (Å²) in [5.74, 6) is 2.75. The highest BCUT2D eigenvalue weighted by molar-refractivity contribution is 5.79. The molecule has 1 saturated heterocycles. The topological polar surface area (TPSA) is 62.2 Å². The average Bonchev–Trinajstić information content (AvgIpc) is 2.78. The van der Waals surface area contributed by atoms with Crippen molar-refractivity contribution in [1.29, 1.82) is 0 Å². The monoisotopic (exact) mass is 425 g/mol. The van der Waals surface area contributed by atoms with E-state index in [1.165, 1.54) is 5.56 Å². The van der Waals surface area contributed by atoms with E-state index in [1.807, 2.05) is 31.4 Å². The van der Waals surface area contributed by atoms with E-state index in [4.69, 9.17) is 14.5 Å². The van der Waals surface area contributed by atoms with Gasteiger partial charge >= 0.3 is 0 Å². The Labute approximate surface area is 186 Å². The second kappa shape index (κ2) is 11.6. The Balaban J connectivity index is 1.56. The number of aryl methyl sites for hydroxylation is 1. The minimum absolute atomic E-state index is 0.230. The van der Waals surface area contributed by atoms with Crippen LogP contribution in [-0.4, -0.2) is 68.4 Å². The number of rotatable bonds is 8. The first-order chi connectivity index (χ1) is 15.0. The van der Waals surface area contributed by atoms with Gasteiger partial charge in [0, 0.05) is 32.9 Å². The van der Waals surface area contributed by atoms with E-state index in [-0.39, 0.29) is 6.10 Å². The molecule has 1 unspecified atom stereocenters. The zero-order valence-corrected chi connectivity index (χ0v) is 19.2. The van der Waals surface area contributed by atoms with Gasteiger partial charge in [-0.2, -0.15) is 0 Å². The van der Waals surface area contributed by atoms with Crippen LogP contribution in [0.15, 0.2) is 47.6 Å². The molecule has 1 aromatic heterocycles. The van der Waals surface area contributed by atoms with Gasteiger partial charge in [0.2, 0.25) is 0 Å². The predicted molar refractivity (Wildman–Crippen MR) is 126 cm³/mol. The third-order valence-corrected chi connectivity index (χ3v) is 5.20. The van der Waals surface area contributed by atoms with E-state index < -0.39 is 0 Å². The van der Waals surface area contributed by atoms with Crippen molar-refractivity contribution < 1.29 is 9.47 Å². The van der Waals surface area contributed by atoms with E-state index in [9.17, 15) is 0 Å². The molecule has 1 atom stereocenters. The second-order valence-corrected chi connectivity index (χ2v) is 7.90. The Morgan fingerprint density at radius 2 is 2.13 bits per heavy atom. The van der Waals surface area contributed by atoms with Gasteiger partial charge in [-0.15, -0.1) is 0 Å². The fourth-order valence-electron chi connectivity index (χ4n) is 3.44. The standard InChI is InChI=1S/C24H35N5O2/c1-5-25-24(28(4)12-14-31-22-8-6-19(2)7-9-22)27-17-21-10-11-26-23(16-21)29-13-15-30-20(3)18-29/h6-11,16,20H,5,12-15,17-18H2,1-4H3,(H,25,27). The largest absolute Gasteiger partial charge is 0.492 e. The molecule has 1 fully saturated rings. The summed E-state index contributed by atoms with van der Waals surface area (Å²) in [5.41, 5.74) is 2.37. The summed E-state index contributed by atoms with van der Waals surface area (Å²) in [6.45, 7) is 11.5. The first-order valence-electron chi connectivity index (χ1n) is 11.1. The van der Waals surface area contributed by atoms with Crippen LogP contribution in [0.1, 0.15) is 25.0 Å². The highest BCUT2D eigenvalue weighted by Crippen LogP contribution is 2.17. The summed E-state index contributed by atoms with van der Waals surface area (Å²) in [7, 11) is 2.03. The number of pyridine rings is 1. The number of ether oxygens (including phenoxy) is 2. The Hall–Kier alpha value is -2.80. The Bertz CT molecular complexity index is 840. The maximum absolute atomic E-state index is 5.87. The van der Waals surface area contributed by atoms with Crippen molar-refractivity contribution in [3.8, 4) is 5.75 Å². The van der Waals surface area contributed by atoms with Crippen molar-refractivity contribution in [3.05, 3.63) is 53.7 Å². The highest BCUT2D eigenvalue weighted by Gasteiger charge is 2.18. The predicted octanol–water partition coefficient (Wildman–Crippen LogP) is 3.09. The van der Waals surface area contributed by atoms with Crippen LogP contribution in [-0.2, 0) is 11.3 Å². The maximum Gasteiger partial charge on any atom is 0.194 e. The van der Waals surface area contributed by atoms with Gasteiger partial charge < -0.3 is 24.6 Å². The van der Waals surface area contributed by atoms with E-state index in [0.717, 1.165) is 55.9 Å². The highest BCUT2D eigenvalue weighted by atomic mass is 16.5. The van der Waals surface area contributed by atoms with Crippen molar-refractivity contribution >= 4 is 11.8 Å². The van der Waals surface area contributed by atoms with Gasteiger partial charge in [-0.3, -0.25) is 0 Å². The molecule has 7 nitrogen and oxygen atoms in total.